The number of aromatic nitrogens is 2. The van der Waals surface area contributed by atoms with Crippen LogP contribution in [0.2, 0.25) is 0 Å². The van der Waals surface area contributed by atoms with Gasteiger partial charge in [-0.05, 0) is 25.1 Å². The van der Waals surface area contributed by atoms with Crippen molar-refractivity contribution in [3.63, 3.8) is 0 Å². The summed E-state index contributed by atoms with van der Waals surface area (Å²) in [6, 6.07) is 8.81. The largest absolute Gasteiger partial charge is 0.449 e. The number of carbonyl (C=O) groups excluding carboxylic acids is 1. The molecule has 1 unspecified atom stereocenters. The van der Waals surface area contributed by atoms with E-state index >= 15 is 0 Å². The van der Waals surface area contributed by atoms with E-state index in [9.17, 15) is 4.79 Å². The van der Waals surface area contributed by atoms with E-state index in [0.29, 0.717) is 11.3 Å². The van der Waals surface area contributed by atoms with Gasteiger partial charge in [-0.2, -0.15) is 5.10 Å². The van der Waals surface area contributed by atoms with Gasteiger partial charge in [0.1, 0.15) is 0 Å². The van der Waals surface area contributed by atoms with Crippen molar-refractivity contribution in [2.75, 3.05) is 5.73 Å². The number of para-hydroxylation sites is 1. The third-order valence-electron chi connectivity index (χ3n) is 3.45. The lowest BCUT2D eigenvalue weighted by atomic mass is 10.2. The topological polar surface area (TPSA) is 86.1 Å². The molecule has 3 aromatic rings. The molecule has 3 N–H and O–H groups in total. The number of nitrogens with one attached hydrogen (secondary N) is 1. The van der Waals surface area contributed by atoms with E-state index in [4.69, 9.17) is 10.2 Å². The molecular weight excluding hydrogens is 268 g/mol. The van der Waals surface area contributed by atoms with Crippen LogP contribution in [0, 0.1) is 0 Å². The van der Waals surface area contributed by atoms with Gasteiger partial charge in [0.2, 0.25) is 0 Å². The molecule has 6 heteroatoms. The average molecular weight is 284 g/mol. The molecule has 0 aliphatic carbocycles. The highest BCUT2D eigenvalue weighted by Gasteiger charge is 2.17. The van der Waals surface area contributed by atoms with E-state index in [2.05, 4.69) is 10.4 Å². The summed E-state index contributed by atoms with van der Waals surface area (Å²) in [4.78, 5) is 12.3. The number of benzene rings is 1. The highest BCUT2D eigenvalue weighted by atomic mass is 16.3. The first-order valence-electron chi connectivity index (χ1n) is 6.63. The monoisotopic (exact) mass is 284 g/mol. The fourth-order valence-electron chi connectivity index (χ4n) is 2.35. The molecule has 1 amide bonds. The van der Waals surface area contributed by atoms with Crippen molar-refractivity contribution in [1.29, 1.82) is 0 Å². The predicted molar refractivity (Wildman–Crippen MR) is 79.7 cm³/mol. The normalized spacial score (nSPS) is 12.5. The molecule has 0 fully saturated rings. The standard InChI is InChI=1S/C15H16N4O2/c1-9(12-6-7-17-19(12)2)18-15(20)13-8-10-4-3-5-11(16)14(10)21-13/h3-9H,16H2,1-2H3,(H,18,20). The third-order valence-corrected chi connectivity index (χ3v) is 3.45. The van der Waals surface area contributed by atoms with Gasteiger partial charge in [0.05, 0.1) is 17.4 Å². The Kier molecular flexibility index (Phi) is 3.13. The maximum atomic E-state index is 12.3. The molecule has 108 valence electrons. The van der Waals surface area contributed by atoms with E-state index < -0.39 is 0 Å². The van der Waals surface area contributed by atoms with Crippen LogP contribution in [-0.2, 0) is 7.05 Å². The van der Waals surface area contributed by atoms with Crippen molar-refractivity contribution in [2.45, 2.75) is 13.0 Å². The molecule has 1 atom stereocenters. The van der Waals surface area contributed by atoms with Crippen molar-refractivity contribution in [1.82, 2.24) is 15.1 Å². The van der Waals surface area contributed by atoms with Crippen LogP contribution in [-0.4, -0.2) is 15.7 Å². The summed E-state index contributed by atoms with van der Waals surface area (Å²) in [6.45, 7) is 1.89. The van der Waals surface area contributed by atoms with Crippen LogP contribution < -0.4 is 11.1 Å². The zero-order valence-electron chi connectivity index (χ0n) is 11.8. The van der Waals surface area contributed by atoms with Crippen molar-refractivity contribution in [2.24, 2.45) is 7.05 Å². The lowest BCUT2D eigenvalue weighted by molar-refractivity contribution is 0.0912. The number of nitrogens with zero attached hydrogens (tertiary/aromatic N) is 2. The summed E-state index contributed by atoms with van der Waals surface area (Å²) >= 11 is 0. The minimum Gasteiger partial charge on any atom is -0.449 e. The van der Waals surface area contributed by atoms with Gasteiger partial charge < -0.3 is 15.5 Å². The van der Waals surface area contributed by atoms with Crippen LogP contribution in [0.5, 0.6) is 0 Å². The second-order valence-corrected chi connectivity index (χ2v) is 4.95. The summed E-state index contributed by atoms with van der Waals surface area (Å²) in [5.41, 5.74) is 7.80. The first kappa shape index (κ1) is 13.2. The average Bonchev–Trinajstić information content (AvgIpc) is 3.05. The highest BCUT2D eigenvalue weighted by Crippen LogP contribution is 2.25. The number of anilines is 1. The minimum atomic E-state index is -0.278. The van der Waals surface area contributed by atoms with E-state index in [0.717, 1.165) is 11.1 Å². The summed E-state index contributed by atoms with van der Waals surface area (Å²) < 4.78 is 7.27. The number of hydrogen-bond acceptors (Lipinski definition) is 4. The Morgan fingerprint density at radius 3 is 2.90 bits per heavy atom. The molecule has 0 saturated carbocycles. The number of hydrogen-bond donors (Lipinski definition) is 2. The molecule has 0 radical (unpaired) electrons. The van der Waals surface area contributed by atoms with Crippen LogP contribution in [0.3, 0.4) is 0 Å². The molecular formula is C15H16N4O2. The minimum absolute atomic E-state index is 0.171. The number of amides is 1. The van der Waals surface area contributed by atoms with Gasteiger partial charge in [-0.15, -0.1) is 0 Å². The van der Waals surface area contributed by atoms with Crippen molar-refractivity contribution >= 4 is 22.6 Å². The second-order valence-electron chi connectivity index (χ2n) is 4.95. The first-order valence-corrected chi connectivity index (χ1v) is 6.63. The molecule has 0 bridgehead atoms. The van der Waals surface area contributed by atoms with Gasteiger partial charge in [-0.3, -0.25) is 9.48 Å². The fourth-order valence-corrected chi connectivity index (χ4v) is 2.35. The smallest absolute Gasteiger partial charge is 0.287 e. The number of furan rings is 1. The third kappa shape index (κ3) is 2.35. The first-order chi connectivity index (χ1) is 10.1. The molecule has 3 rings (SSSR count). The van der Waals surface area contributed by atoms with Crippen molar-refractivity contribution in [3.8, 4) is 0 Å². The molecule has 0 saturated heterocycles. The molecule has 0 spiro atoms. The molecule has 0 aliphatic rings. The SMILES string of the molecule is CC(NC(=O)c1cc2cccc(N)c2o1)c1ccnn1C. The lowest BCUT2D eigenvalue weighted by Gasteiger charge is -2.12. The Morgan fingerprint density at radius 2 is 2.24 bits per heavy atom. The van der Waals surface area contributed by atoms with Gasteiger partial charge in [-0.1, -0.05) is 12.1 Å². The van der Waals surface area contributed by atoms with Gasteiger partial charge in [-0.25, -0.2) is 0 Å². The lowest BCUT2D eigenvalue weighted by Crippen LogP contribution is -2.27. The van der Waals surface area contributed by atoms with Crippen molar-refractivity contribution in [3.05, 3.63) is 48.0 Å². The van der Waals surface area contributed by atoms with Gasteiger partial charge in [0, 0.05) is 18.6 Å². The van der Waals surface area contributed by atoms with Gasteiger partial charge in [0.25, 0.3) is 5.91 Å². The van der Waals surface area contributed by atoms with Gasteiger partial charge >= 0.3 is 0 Å². The van der Waals surface area contributed by atoms with E-state index in [1.165, 1.54) is 0 Å². The molecule has 0 aliphatic heterocycles. The summed E-state index contributed by atoms with van der Waals surface area (Å²) in [5.74, 6) is -0.0313. The quantitative estimate of drug-likeness (QED) is 0.722. The van der Waals surface area contributed by atoms with Crippen LogP contribution in [0.4, 0.5) is 5.69 Å². The summed E-state index contributed by atoms with van der Waals surface area (Å²) in [7, 11) is 1.83. The number of carbonyl (C=O) groups is 1. The molecule has 1 aromatic carbocycles. The Balaban J connectivity index is 1.84. The van der Waals surface area contributed by atoms with E-state index in [1.54, 1.807) is 23.0 Å². The maximum absolute atomic E-state index is 12.3. The number of fused-ring (bicyclic) bond motifs is 1. The van der Waals surface area contributed by atoms with Crippen LogP contribution in [0.1, 0.15) is 29.2 Å². The molecule has 2 heterocycles. The predicted octanol–water partition coefficient (Wildman–Crippen LogP) is 2.24. The molecule has 2 aromatic heterocycles. The molecule has 21 heavy (non-hydrogen) atoms. The summed E-state index contributed by atoms with van der Waals surface area (Å²) in [5, 5.41) is 7.79. The van der Waals surface area contributed by atoms with E-state index in [-0.39, 0.29) is 17.7 Å². The number of nitrogen functional groups attached to an aromatic ring is 1. The maximum Gasteiger partial charge on any atom is 0.287 e. The number of aryl methyl sites for hydroxylation is 1. The molecule has 6 nitrogen and oxygen atoms in total. The number of nitrogens with two attached hydrogens (primary N) is 1. The van der Waals surface area contributed by atoms with Gasteiger partial charge in [0.15, 0.2) is 11.3 Å². The Morgan fingerprint density at radius 1 is 1.43 bits per heavy atom. The van der Waals surface area contributed by atoms with Crippen molar-refractivity contribution < 1.29 is 9.21 Å². The second kappa shape index (κ2) is 4.97. The summed E-state index contributed by atoms with van der Waals surface area (Å²) in [6.07, 6.45) is 1.69. The zero-order chi connectivity index (χ0) is 15.0. The fraction of sp³-hybridized carbons (Fsp3) is 0.200. The van der Waals surface area contributed by atoms with Crippen LogP contribution >= 0.6 is 0 Å². The van der Waals surface area contributed by atoms with Crippen LogP contribution in [0.15, 0.2) is 40.9 Å². The Labute approximate surface area is 121 Å². The van der Waals surface area contributed by atoms with E-state index in [1.807, 2.05) is 32.2 Å². The Bertz CT molecular complexity index is 803. The van der Waals surface area contributed by atoms with Crippen LogP contribution in [0.25, 0.3) is 11.0 Å². The highest BCUT2D eigenvalue weighted by molar-refractivity contribution is 5.98. The Hall–Kier alpha value is -2.76. The number of rotatable bonds is 3. The zero-order valence-corrected chi connectivity index (χ0v) is 11.8.